The van der Waals surface area contributed by atoms with E-state index in [9.17, 15) is 22.0 Å². The molecule has 0 spiro atoms. The van der Waals surface area contributed by atoms with Crippen LogP contribution in [0.25, 0.3) is 0 Å². The average molecular weight is 452 g/mol. The molecule has 0 fully saturated rings. The van der Waals surface area contributed by atoms with E-state index in [0.29, 0.717) is 0 Å². The molecule has 1 aromatic carbocycles. The number of alkyl halides is 4. The third-order valence-corrected chi connectivity index (χ3v) is 5.09. The molecule has 6 nitrogen and oxygen atoms in total. The molecule has 0 radical (unpaired) electrons. The monoisotopic (exact) mass is 451 g/mol. The van der Waals surface area contributed by atoms with E-state index >= 15 is 0 Å². The van der Waals surface area contributed by atoms with Gasteiger partial charge in [-0.2, -0.15) is 13.9 Å². The third kappa shape index (κ3) is 4.16. The van der Waals surface area contributed by atoms with Gasteiger partial charge in [0.25, 0.3) is 12.4 Å². The fourth-order valence-electron chi connectivity index (χ4n) is 3.14. The van der Waals surface area contributed by atoms with Gasteiger partial charge in [0.05, 0.1) is 11.1 Å². The van der Waals surface area contributed by atoms with Crippen LogP contribution >= 0.6 is 11.6 Å². The van der Waals surface area contributed by atoms with E-state index in [1.807, 2.05) is 0 Å². The molecule has 2 aromatic rings. The molecule has 2 atom stereocenters. The van der Waals surface area contributed by atoms with Gasteiger partial charge in [-0.15, -0.1) is 0 Å². The lowest BCUT2D eigenvalue weighted by Crippen LogP contribution is -2.51. The maximum Gasteiger partial charge on any atom is 0.310 e. The zero-order valence-corrected chi connectivity index (χ0v) is 16.7. The van der Waals surface area contributed by atoms with Crippen LogP contribution in [-0.4, -0.2) is 34.8 Å². The Bertz CT molecular complexity index is 966. The Morgan fingerprint density at radius 1 is 1.37 bits per heavy atom. The zero-order valence-electron chi connectivity index (χ0n) is 16.0. The predicted octanol–water partition coefficient (Wildman–Crippen LogP) is 4.31. The van der Waals surface area contributed by atoms with Crippen molar-refractivity contribution in [2.24, 2.45) is 10.7 Å². The van der Waals surface area contributed by atoms with Gasteiger partial charge in [-0.1, -0.05) is 11.6 Å². The highest BCUT2D eigenvalue weighted by molar-refractivity contribution is 6.31. The van der Waals surface area contributed by atoms with E-state index in [1.165, 1.54) is 18.3 Å². The van der Waals surface area contributed by atoms with Crippen molar-refractivity contribution in [1.29, 1.82) is 0 Å². The summed E-state index contributed by atoms with van der Waals surface area (Å²) in [6.45, 7) is 1.05. The molecule has 0 bridgehead atoms. The number of ether oxygens (including phenoxy) is 1. The Morgan fingerprint density at radius 3 is 2.73 bits per heavy atom. The van der Waals surface area contributed by atoms with Crippen LogP contribution in [0.5, 0.6) is 0 Å². The molecule has 3 N–H and O–H groups in total. The van der Waals surface area contributed by atoms with E-state index in [2.05, 4.69) is 20.1 Å². The van der Waals surface area contributed by atoms with Crippen molar-refractivity contribution in [1.82, 2.24) is 9.78 Å². The van der Waals surface area contributed by atoms with Crippen molar-refractivity contribution in [2.75, 3.05) is 11.9 Å². The first-order chi connectivity index (χ1) is 13.9. The van der Waals surface area contributed by atoms with Crippen molar-refractivity contribution < 1.29 is 26.7 Å². The van der Waals surface area contributed by atoms with Crippen LogP contribution in [0.15, 0.2) is 29.4 Å². The minimum atomic E-state index is -3.52. The number of rotatable bonds is 6. The molecule has 12 heteroatoms. The summed E-state index contributed by atoms with van der Waals surface area (Å²) in [5.74, 6) is -4.41. The first-order valence-corrected chi connectivity index (χ1v) is 9.24. The topological polar surface area (TPSA) is 77.5 Å². The summed E-state index contributed by atoms with van der Waals surface area (Å²) in [7, 11) is 0. The Kier molecular flexibility index (Phi) is 5.85. The summed E-state index contributed by atoms with van der Waals surface area (Å²) in [6.07, 6.45) is -1.34. The molecule has 164 valence electrons. The van der Waals surface area contributed by atoms with Crippen LogP contribution in [0.2, 0.25) is 5.02 Å². The Balaban J connectivity index is 1.91. The molecule has 1 aliphatic heterocycles. The first kappa shape index (κ1) is 22.1. The fourth-order valence-corrected chi connectivity index (χ4v) is 3.46. The van der Waals surface area contributed by atoms with Crippen molar-refractivity contribution in [2.45, 2.75) is 44.3 Å². The minimum Gasteiger partial charge on any atom is -0.459 e. The van der Waals surface area contributed by atoms with Gasteiger partial charge in [0, 0.05) is 17.4 Å². The summed E-state index contributed by atoms with van der Waals surface area (Å²) in [5.41, 5.74) is 3.32. The Labute approximate surface area is 173 Å². The van der Waals surface area contributed by atoms with E-state index in [1.54, 1.807) is 6.92 Å². The van der Waals surface area contributed by atoms with E-state index < -0.39 is 48.9 Å². The largest absolute Gasteiger partial charge is 0.459 e. The molecule has 0 saturated carbocycles. The van der Waals surface area contributed by atoms with Gasteiger partial charge in [0.15, 0.2) is 12.1 Å². The van der Waals surface area contributed by atoms with Gasteiger partial charge in [-0.25, -0.2) is 18.2 Å². The molecule has 2 heterocycles. The summed E-state index contributed by atoms with van der Waals surface area (Å²) >= 11 is 6.07. The number of aromatic nitrogens is 2. The Morgan fingerprint density at radius 2 is 2.07 bits per heavy atom. The number of nitrogens with one attached hydrogen (secondary N) is 1. The molecule has 1 aliphatic rings. The van der Waals surface area contributed by atoms with E-state index in [4.69, 9.17) is 17.3 Å². The molecule has 0 saturated heterocycles. The van der Waals surface area contributed by atoms with Gasteiger partial charge in [0.1, 0.15) is 18.1 Å². The van der Waals surface area contributed by atoms with Crippen LogP contribution in [0, 0.1) is 5.82 Å². The van der Waals surface area contributed by atoms with Gasteiger partial charge in [-0.3, -0.25) is 4.68 Å². The fraction of sp³-hybridized carbons (Fsp3) is 0.444. The SMILES string of the molecule is CC(Nc1ccc(F)c(C2(C)N=C(N)OCC2(F)F)c1)c1nn(CC(F)F)cc1Cl. The normalized spacial score (nSPS) is 21.8. The van der Waals surface area contributed by atoms with Gasteiger partial charge >= 0.3 is 5.92 Å². The standard InChI is InChI=1S/C18H19ClF5N5O/c1-9(15-12(19)6-29(28-15)7-14(21)22)26-10-3-4-13(20)11(5-10)17(2)18(23,24)8-30-16(25)27-17/h3-6,9,14,26H,7-8H2,1-2H3,(H2,25,27). The van der Waals surface area contributed by atoms with Crippen molar-refractivity contribution in [3.05, 3.63) is 46.5 Å². The lowest BCUT2D eigenvalue weighted by Gasteiger charge is -2.37. The number of nitrogens with zero attached hydrogens (tertiary/aromatic N) is 3. The molecule has 3 rings (SSSR count). The highest BCUT2D eigenvalue weighted by atomic mass is 35.5. The minimum absolute atomic E-state index is 0.151. The molecule has 0 aliphatic carbocycles. The molecular weight excluding hydrogens is 433 g/mol. The van der Waals surface area contributed by atoms with Gasteiger partial charge < -0.3 is 15.8 Å². The Hall–Kier alpha value is -2.56. The van der Waals surface area contributed by atoms with E-state index in [-0.39, 0.29) is 22.0 Å². The highest BCUT2D eigenvalue weighted by Crippen LogP contribution is 2.45. The number of aliphatic imine (C=N–C) groups is 1. The zero-order chi connectivity index (χ0) is 22.3. The molecule has 30 heavy (non-hydrogen) atoms. The number of halogens is 6. The quantitative estimate of drug-likeness (QED) is 0.642. The van der Waals surface area contributed by atoms with Crippen LogP contribution in [0.4, 0.5) is 27.6 Å². The lowest BCUT2D eigenvalue weighted by molar-refractivity contribution is -0.117. The van der Waals surface area contributed by atoms with Crippen LogP contribution in [0.1, 0.15) is 31.1 Å². The van der Waals surface area contributed by atoms with Crippen molar-refractivity contribution >= 4 is 23.3 Å². The number of hydrogen-bond donors (Lipinski definition) is 2. The van der Waals surface area contributed by atoms with Gasteiger partial charge in [-0.05, 0) is 32.0 Å². The predicted molar refractivity (Wildman–Crippen MR) is 102 cm³/mol. The van der Waals surface area contributed by atoms with Crippen LogP contribution < -0.4 is 11.1 Å². The molecule has 1 aromatic heterocycles. The molecule has 0 amide bonds. The summed E-state index contributed by atoms with van der Waals surface area (Å²) in [5, 5.41) is 7.12. The number of nitrogens with two attached hydrogens (primary N) is 1. The average Bonchev–Trinajstić information content (AvgIpc) is 3.00. The second-order valence-corrected chi connectivity index (χ2v) is 7.46. The maximum absolute atomic E-state index is 14.5. The third-order valence-electron chi connectivity index (χ3n) is 4.80. The smallest absolute Gasteiger partial charge is 0.310 e. The number of hydrogen-bond acceptors (Lipinski definition) is 5. The van der Waals surface area contributed by atoms with Crippen LogP contribution in [0.3, 0.4) is 0 Å². The first-order valence-electron chi connectivity index (χ1n) is 8.86. The summed E-state index contributed by atoms with van der Waals surface area (Å²) < 4.78 is 74.3. The lowest BCUT2D eigenvalue weighted by atomic mass is 9.85. The maximum atomic E-state index is 14.5. The number of amidine groups is 1. The second kappa shape index (κ2) is 7.93. The molecule has 2 unspecified atom stereocenters. The number of benzene rings is 1. The van der Waals surface area contributed by atoms with Crippen molar-refractivity contribution in [3.8, 4) is 0 Å². The second-order valence-electron chi connectivity index (χ2n) is 7.05. The summed E-state index contributed by atoms with van der Waals surface area (Å²) in [6, 6.07) is 2.49. The highest BCUT2D eigenvalue weighted by Gasteiger charge is 2.56. The van der Waals surface area contributed by atoms with Gasteiger partial charge in [0.2, 0.25) is 0 Å². The van der Waals surface area contributed by atoms with E-state index in [0.717, 1.165) is 17.7 Å². The summed E-state index contributed by atoms with van der Waals surface area (Å²) in [4.78, 5) is 3.67. The van der Waals surface area contributed by atoms with Crippen molar-refractivity contribution in [3.63, 3.8) is 0 Å². The molecular formula is C18H19ClF5N5O. The number of anilines is 1. The van der Waals surface area contributed by atoms with Crippen LogP contribution in [-0.2, 0) is 16.8 Å².